The summed E-state index contributed by atoms with van der Waals surface area (Å²) >= 11 is 1.61. The molecule has 2 N–H and O–H groups in total. The summed E-state index contributed by atoms with van der Waals surface area (Å²) in [5.74, 6) is 0.471. The van der Waals surface area contributed by atoms with E-state index in [4.69, 9.17) is 5.73 Å². The molecule has 0 bridgehead atoms. The zero-order chi connectivity index (χ0) is 12.3. The molecule has 2 rings (SSSR count). The van der Waals surface area contributed by atoms with Crippen LogP contribution >= 0.6 is 11.8 Å². The van der Waals surface area contributed by atoms with Gasteiger partial charge in [0.05, 0.1) is 0 Å². The van der Waals surface area contributed by atoms with Crippen molar-refractivity contribution in [2.24, 2.45) is 0 Å². The van der Waals surface area contributed by atoms with Crippen LogP contribution in [0.5, 0.6) is 0 Å². The summed E-state index contributed by atoms with van der Waals surface area (Å²) in [5, 5.41) is 0. The zero-order valence-corrected chi connectivity index (χ0v) is 10.4. The average Bonchev–Trinajstić information content (AvgIpc) is 2.32. The number of halogens is 1. The third-order valence-corrected chi connectivity index (χ3v) is 3.76. The van der Waals surface area contributed by atoms with Crippen LogP contribution in [0, 0.1) is 12.7 Å². The highest BCUT2D eigenvalue weighted by molar-refractivity contribution is 7.98. The molecule has 0 unspecified atom stereocenters. The second kappa shape index (κ2) is 5.23. The van der Waals surface area contributed by atoms with E-state index in [2.05, 4.69) is 0 Å². The first-order chi connectivity index (χ1) is 8.16. The number of nitrogen functional groups attached to an aromatic ring is 1. The molecule has 0 amide bonds. The summed E-state index contributed by atoms with van der Waals surface area (Å²) in [7, 11) is 0. The van der Waals surface area contributed by atoms with E-state index in [1.165, 1.54) is 11.6 Å². The molecule has 0 aliphatic carbocycles. The first kappa shape index (κ1) is 12.0. The maximum atomic E-state index is 13.4. The maximum Gasteiger partial charge on any atom is 0.127 e. The van der Waals surface area contributed by atoms with Crippen molar-refractivity contribution in [2.75, 3.05) is 5.73 Å². The molecule has 1 nitrogen and oxygen atoms in total. The smallest absolute Gasteiger partial charge is 0.127 e. The van der Waals surface area contributed by atoms with Gasteiger partial charge in [-0.25, -0.2) is 4.39 Å². The van der Waals surface area contributed by atoms with Gasteiger partial charge < -0.3 is 5.73 Å². The molecule has 17 heavy (non-hydrogen) atoms. The quantitative estimate of drug-likeness (QED) is 0.655. The Labute approximate surface area is 105 Å². The van der Waals surface area contributed by atoms with Crippen LogP contribution < -0.4 is 5.73 Å². The maximum absolute atomic E-state index is 13.4. The second-order valence-corrected chi connectivity index (χ2v) is 4.92. The van der Waals surface area contributed by atoms with Gasteiger partial charge in [0.25, 0.3) is 0 Å². The molecule has 0 aliphatic rings. The van der Waals surface area contributed by atoms with E-state index in [1.807, 2.05) is 37.3 Å². The SMILES string of the molecule is Cc1ccc(N)cc1SCc1ccccc1F. The predicted molar refractivity (Wildman–Crippen MR) is 71.6 cm³/mol. The van der Waals surface area contributed by atoms with E-state index in [1.54, 1.807) is 17.8 Å². The number of hydrogen-bond donors (Lipinski definition) is 1. The lowest BCUT2D eigenvalue weighted by molar-refractivity contribution is 0.617. The Morgan fingerprint density at radius 3 is 2.71 bits per heavy atom. The van der Waals surface area contributed by atoms with Crippen molar-refractivity contribution in [1.29, 1.82) is 0 Å². The topological polar surface area (TPSA) is 26.0 Å². The van der Waals surface area contributed by atoms with Gasteiger partial charge in [-0.05, 0) is 36.2 Å². The molecule has 0 heterocycles. The summed E-state index contributed by atoms with van der Waals surface area (Å²) in [5.41, 5.74) is 8.37. The van der Waals surface area contributed by atoms with Crippen molar-refractivity contribution >= 4 is 17.4 Å². The highest BCUT2D eigenvalue weighted by atomic mass is 32.2. The number of nitrogens with two attached hydrogens (primary N) is 1. The molecule has 0 saturated heterocycles. The third-order valence-electron chi connectivity index (χ3n) is 2.55. The Hall–Kier alpha value is -1.48. The second-order valence-electron chi connectivity index (χ2n) is 3.91. The van der Waals surface area contributed by atoms with Crippen LogP contribution in [0.1, 0.15) is 11.1 Å². The van der Waals surface area contributed by atoms with Crippen molar-refractivity contribution in [3.63, 3.8) is 0 Å². The summed E-state index contributed by atoms with van der Waals surface area (Å²) in [6, 6.07) is 12.6. The molecule has 2 aromatic rings. The Balaban J connectivity index is 2.12. The minimum atomic E-state index is -0.151. The Morgan fingerprint density at radius 1 is 1.18 bits per heavy atom. The number of hydrogen-bond acceptors (Lipinski definition) is 2. The molecule has 0 atom stereocenters. The first-order valence-electron chi connectivity index (χ1n) is 5.39. The highest BCUT2D eigenvalue weighted by Crippen LogP contribution is 2.28. The van der Waals surface area contributed by atoms with Crippen molar-refractivity contribution < 1.29 is 4.39 Å². The Morgan fingerprint density at radius 2 is 1.94 bits per heavy atom. The standard InChI is InChI=1S/C14H14FNS/c1-10-6-7-12(16)8-14(10)17-9-11-4-2-3-5-13(11)15/h2-8H,9,16H2,1H3. The Kier molecular flexibility index (Phi) is 3.69. The predicted octanol–water partition coefficient (Wildman–Crippen LogP) is 4.01. The lowest BCUT2D eigenvalue weighted by Gasteiger charge is -2.07. The van der Waals surface area contributed by atoms with Crippen molar-refractivity contribution in [2.45, 2.75) is 17.6 Å². The molecular weight excluding hydrogens is 233 g/mol. The fourth-order valence-corrected chi connectivity index (χ4v) is 2.60. The van der Waals surface area contributed by atoms with Crippen LogP contribution in [-0.4, -0.2) is 0 Å². The minimum absolute atomic E-state index is 0.151. The van der Waals surface area contributed by atoms with Gasteiger partial charge in [0, 0.05) is 16.3 Å². The summed E-state index contributed by atoms with van der Waals surface area (Å²) in [6.07, 6.45) is 0. The van der Waals surface area contributed by atoms with Crippen LogP contribution in [0.3, 0.4) is 0 Å². The summed E-state index contributed by atoms with van der Waals surface area (Å²) in [4.78, 5) is 1.10. The van der Waals surface area contributed by atoms with Crippen LogP contribution in [0.2, 0.25) is 0 Å². The van der Waals surface area contributed by atoms with Crippen LogP contribution in [-0.2, 0) is 5.75 Å². The lowest BCUT2D eigenvalue weighted by atomic mass is 10.2. The van der Waals surface area contributed by atoms with Crippen LogP contribution in [0.4, 0.5) is 10.1 Å². The number of anilines is 1. The third kappa shape index (κ3) is 3.01. The molecule has 0 radical (unpaired) electrons. The normalized spacial score (nSPS) is 10.5. The van der Waals surface area contributed by atoms with Gasteiger partial charge in [-0.1, -0.05) is 24.3 Å². The van der Waals surface area contributed by atoms with Gasteiger partial charge in [0.1, 0.15) is 5.82 Å². The fraction of sp³-hybridized carbons (Fsp3) is 0.143. The van der Waals surface area contributed by atoms with Gasteiger partial charge in [-0.2, -0.15) is 0 Å². The summed E-state index contributed by atoms with van der Waals surface area (Å²) in [6.45, 7) is 2.03. The van der Waals surface area contributed by atoms with Gasteiger partial charge in [-0.15, -0.1) is 11.8 Å². The van der Waals surface area contributed by atoms with E-state index >= 15 is 0 Å². The highest BCUT2D eigenvalue weighted by Gasteiger charge is 2.04. The molecule has 88 valence electrons. The van der Waals surface area contributed by atoms with Gasteiger partial charge in [0.2, 0.25) is 0 Å². The minimum Gasteiger partial charge on any atom is -0.399 e. The first-order valence-corrected chi connectivity index (χ1v) is 6.37. The number of aryl methyl sites for hydroxylation is 1. The zero-order valence-electron chi connectivity index (χ0n) is 9.61. The molecule has 3 heteroatoms. The molecule has 0 saturated carbocycles. The fourth-order valence-electron chi connectivity index (χ4n) is 1.54. The molecule has 0 fully saturated rings. The van der Waals surface area contributed by atoms with Crippen LogP contribution in [0.25, 0.3) is 0 Å². The molecule has 0 aliphatic heterocycles. The molecular formula is C14H14FNS. The van der Waals surface area contributed by atoms with E-state index in [0.29, 0.717) is 5.75 Å². The average molecular weight is 247 g/mol. The van der Waals surface area contributed by atoms with Crippen molar-refractivity contribution in [1.82, 2.24) is 0 Å². The number of benzene rings is 2. The monoisotopic (exact) mass is 247 g/mol. The largest absolute Gasteiger partial charge is 0.399 e. The Bertz CT molecular complexity index is 525. The summed E-state index contributed by atoms with van der Waals surface area (Å²) < 4.78 is 13.4. The molecule has 0 aromatic heterocycles. The van der Waals surface area contributed by atoms with Gasteiger partial charge >= 0.3 is 0 Å². The van der Waals surface area contributed by atoms with E-state index in [0.717, 1.165) is 16.1 Å². The number of thioether (sulfide) groups is 1. The van der Waals surface area contributed by atoms with Crippen LogP contribution in [0.15, 0.2) is 47.4 Å². The van der Waals surface area contributed by atoms with E-state index < -0.39 is 0 Å². The molecule has 2 aromatic carbocycles. The van der Waals surface area contributed by atoms with Gasteiger partial charge in [-0.3, -0.25) is 0 Å². The lowest BCUT2D eigenvalue weighted by Crippen LogP contribution is -1.90. The van der Waals surface area contributed by atoms with Crippen molar-refractivity contribution in [3.8, 4) is 0 Å². The van der Waals surface area contributed by atoms with Crippen molar-refractivity contribution in [3.05, 3.63) is 59.4 Å². The van der Waals surface area contributed by atoms with E-state index in [9.17, 15) is 4.39 Å². The number of rotatable bonds is 3. The van der Waals surface area contributed by atoms with Gasteiger partial charge in [0.15, 0.2) is 0 Å². The molecule has 0 spiro atoms. The van der Waals surface area contributed by atoms with E-state index in [-0.39, 0.29) is 5.82 Å².